The minimum Gasteiger partial charge on any atom is -0.292 e. The predicted molar refractivity (Wildman–Crippen MR) is 201 cm³/mol. The number of benzene rings is 5. The van der Waals surface area contributed by atoms with Crippen molar-refractivity contribution in [3.05, 3.63) is 176 Å². The van der Waals surface area contributed by atoms with Crippen LogP contribution in [0.1, 0.15) is 76.5 Å². The lowest BCUT2D eigenvalue weighted by Gasteiger charge is -2.51. The molecule has 1 aliphatic heterocycles. The largest absolute Gasteiger partial charge is 0.292 e. The maximum Gasteiger partial charge on any atom is 0.126 e. The van der Waals surface area contributed by atoms with E-state index in [1.54, 1.807) is 12.1 Å². The first-order valence-electron chi connectivity index (χ1n) is 16.2. The van der Waals surface area contributed by atoms with Gasteiger partial charge in [-0.05, 0) is 106 Å². The highest BCUT2D eigenvalue weighted by molar-refractivity contribution is 9.09. The molecule has 1 saturated heterocycles. The van der Waals surface area contributed by atoms with Crippen LogP contribution in [0.15, 0.2) is 115 Å². The van der Waals surface area contributed by atoms with E-state index in [1.165, 1.54) is 12.1 Å². The number of hydrogen-bond donors (Lipinski definition) is 0. The minimum atomic E-state index is -0.539. The summed E-state index contributed by atoms with van der Waals surface area (Å²) in [5.74, 6) is -0.819. The van der Waals surface area contributed by atoms with Crippen LogP contribution in [0.3, 0.4) is 0 Å². The van der Waals surface area contributed by atoms with Crippen molar-refractivity contribution in [2.75, 3.05) is 13.1 Å². The van der Waals surface area contributed by atoms with Gasteiger partial charge in [-0.1, -0.05) is 108 Å². The van der Waals surface area contributed by atoms with Gasteiger partial charge < -0.3 is 0 Å². The van der Waals surface area contributed by atoms with Gasteiger partial charge in [0.1, 0.15) is 11.6 Å². The summed E-state index contributed by atoms with van der Waals surface area (Å²) in [5, 5.41) is 19.7. The first-order valence-corrected chi connectivity index (χ1v) is 17.9. The third kappa shape index (κ3) is 9.19. The van der Waals surface area contributed by atoms with Crippen LogP contribution in [0.5, 0.6) is 0 Å². The molecule has 0 aliphatic carbocycles. The van der Waals surface area contributed by atoms with Gasteiger partial charge in [-0.3, -0.25) is 4.90 Å². The molecule has 3 nitrogen and oxygen atoms in total. The van der Waals surface area contributed by atoms with Crippen molar-refractivity contribution in [1.82, 2.24) is 4.90 Å². The Morgan fingerprint density at radius 3 is 1.64 bits per heavy atom. The summed E-state index contributed by atoms with van der Waals surface area (Å²) < 4.78 is 28.1. The van der Waals surface area contributed by atoms with Gasteiger partial charge in [0.15, 0.2) is 0 Å². The van der Waals surface area contributed by atoms with E-state index in [-0.39, 0.29) is 28.1 Å². The molecule has 0 spiro atoms. The summed E-state index contributed by atoms with van der Waals surface area (Å²) in [5.41, 5.74) is 6.14. The molecular formula is C42H36BrCl2F2N3. The molecule has 50 heavy (non-hydrogen) atoms. The lowest BCUT2D eigenvalue weighted by molar-refractivity contribution is 0.0245. The van der Waals surface area contributed by atoms with E-state index in [4.69, 9.17) is 28.5 Å². The molecule has 0 radical (unpaired) electrons. The molecule has 6 rings (SSSR count). The maximum absolute atomic E-state index is 14.0. The smallest absolute Gasteiger partial charge is 0.126 e. The molecule has 0 aromatic heterocycles. The molecule has 8 heteroatoms. The Hall–Kier alpha value is -4.04. The number of halogens is 5. The number of rotatable bonds is 7. The first-order chi connectivity index (χ1) is 23.9. The quantitative estimate of drug-likeness (QED) is 0.155. The van der Waals surface area contributed by atoms with Crippen molar-refractivity contribution < 1.29 is 8.78 Å². The summed E-state index contributed by atoms with van der Waals surface area (Å²) in [7, 11) is 0. The molecule has 5 aromatic rings. The lowest BCUT2D eigenvalue weighted by atomic mass is 9.66. The molecule has 0 bridgehead atoms. The van der Waals surface area contributed by atoms with Crippen LogP contribution in [0.2, 0.25) is 10.0 Å². The van der Waals surface area contributed by atoms with Crippen LogP contribution in [-0.4, -0.2) is 18.0 Å². The van der Waals surface area contributed by atoms with Gasteiger partial charge in [0, 0.05) is 29.2 Å². The zero-order valence-electron chi connectivity index (χ0n) is 27.9. The van der Waals surface area contributed by atoms with Crippen LogP contribution in [-0.2, 0) is 0 Å². The van der Waals surface area contributed by atoms with Gasteiger partial charge >= 0.3 is 0 Å². The molecule has 5 aromatic carbocycles. The van der Waals surface area contributed by atoms with Crippen molar-refractivity contribution in [3.63, 3.8) is 0 Å². The van der Waals surface area contributed by atoms with E-state index in [9.17, 15) is 14.0 Å². The van der Waals surface area contributed by atoms with Gasteiger partial charge in [-0.2, -0.15) is 10.5 Å². The molecule has 3 unspecified atom stereocenters. The van der Waals surface area contributed by atoms with Gasteiger partial charge in [0.05, 0.1) is 34.1 Å². The maximum atomic E-state index is 14.0. The SMILES string of the molecule is CC(C)(C)C(c1cc(F)cc(F)c1)C1CN(C(c2ccc(Cl)cc2)c2cccc(C#N)c2)C1.N#Cc1cccc(C(Br)c2ccc(Cl)cc2)c1. The monoisotopic (exact) mass is 769 g/mol. The van der Waals surface area contributed by atoms with Gasteiger partial charge in [-0.15, -0.1) is 0 Å². The molecule has 3 atom stereocenters. The zero-order valence-corrected chi connectivity index (χ0v) is 31.0. The average molecular weight is 772 g/mol. The van der Waals surface area contributed by atoms with E-state index < -0.39 is 11.6 Å². The molecule has 1 heterocycles. The second kappa shape index (κ2) is 16.3. The standard InChI is InChI=1S/C28H27ClF2N2.C14H9BrClN/c1-28(2,3)26(21-12-24(30)14-25(31)13-21)22-16-33(17-22)27(19-7-9-23(29)10-8-19)20-6-4-5-18(11-20)15-32;15-14(11-4-6-13(16)7-5-11)12-3-1-2-10(8-12)9-17/h4-14,22,26-27H,16-17H2,1-3H3;1-8,14H. The van der Waals surface area contributed by atoms with Crippen LogP contribution in [0.4, 0.5) is 8.78 Å². The van der Waals surface area contributed by atoms with Crippen molar-refractivity contribution >= 4 is 39.1 Å². The third-order valence-electron chi connectivity index (χ3n) is 8.94. The highest BCUT2D eigenvalue weighted by atomic mass is 79.9. The van der Waals surface area contributed by atoms with E-state index in [2.05, 4.69) is 53.7 Å². The predicted octanol–water partition coefficient (Wildman–Crippen LogP) is 12.0. The minimum absolute atomic E-state index is 0.00950. The van der Waals surface area contributed by atoms with Crippen molar-refractivity contribution in [1.29, 1.82) is 10.5 Å². The summed E-state index contributed by atoms with van der Waals surface area (Å²) in [6.07, 6.45) is 0. The number of hydrogen-bond acceptors (Lipinski definition) is 3. The Bertz CT molecular complexity index is 1990. The van der Waals surface area contributed by atoms with Crippen LogP contribution in [0, 0.1) is 45.6 Å². The lowest BCUT2D eigenvalue weighted by Crippen LogP contribution is -2.53. The first kappa shape index (κ1) is 37.2. The normalized spacial score (nSPS) is 15.0. The third-order valence-corrected chi connectivity index (χ3v) is 10.5. The topological polar surface area (TPSA) is 50.8 Å². The fourth-order valence-corrected chi connectivity index (χ4v) is 7.67. The van der Waals surface area contributed by atoms with Crippen molar-refractivity contribution in [3.8, 4) is 12.1 Å². The highest BCUT2D eigenvalue weighted by Crippen LogP contribution is 2.47. The highest BCUT2D eigenvalue weighted by Gasteiger charge is 2.43. The summed E-state index contributed by atoms with van der Waals surface area (Å²) in [4.78, 5) is 2.44. The molecule has 0 amide bonds. The molecule has 0 N–H and O–H groups in total. The van der Waals surface area contributed by atoms with Gasteiger partial charge in [-0.25, -0.2) is 8.78 Å². The number of alkyl halides is 1. The van der Waals surface area contributed by atoms with Crippen molar-refractivity contribution in [2.24, 2.45) is 11.3 Å². The fourth-order valence-electron chi connectivity index (χ4n) is 6.83. The van der Waals surface area contributed by atoms with Crippen molar-refractivity contribution in [2.45, 2.75) is 37.6 Å². The Morgan fingerprint density at radius 1 is 0.660 bits per heavy atom. The Labute approximate surface area is 311 Å². The number of nitrogens with zero attached hydrogens (tertiary/aromatic N) is 3. The summed E-state index contributed by atoms with van der Waals surface area (Å²) >= 11 is 15.6. The fraction of sp³-hybridized carbons (Fsp3) is 0.238. The number of likely N-dealkylation sites (tertiary alicyclic amines) is 1. The molecule has 1 fully saturated rings. The molecule has 254 valence electrons. The second-order valence-corrected chi connectivity index (χ2v) is 15.4. The van der Waals surface area contributed by atoms with Gasteiger partial charge in [0.2, 0.25) is 0 Å². The Kier molecular flexibility index (Phi) is 12.2. The second-order valence-electron chi connectivity index (χ2n) is 13.6. The summed E-state index contributed by atoms with van der Waals surface area (Å²) in [6.45, 7) is 7.93. The van der Waals surface area contributed by atoms with E-state index in [1.807, 2.05) is 84.9 Å². The number of nitriles is 2. The molecule has 1 aliphatic rings. The van der Waals surface area contributed by atoms with E-state index in [0.717, 1.165) is 46.4 Å². The molecular weight excluding hydrogens is 735 g/mol. The van der Waals surface area contributed by atoms with Crippen LogP contribution >= 0.6 is 39.1 Å². The zero-order chi connectivity index (χ0) is 36.0. The Balaban J connectivity index is 0.000000240. The average Bonchev–Trinajstić information content (AvgIpc) is 3.07. The summed E-state index contributed by atoms with van der Waals surface area (Å²) in [6, 6.07) is 38.9. The Morgan fingerprint density at radius 2 is 1.14 bits per heavy atom. The van der Waals surface area contributed by atoms with Crippen LogP contribution in [0.25, 0.3) is 0 Å². The van der Waals surface area contributed by atoms with Gasteiger partial charge in [0.25, 0.3) is 0 Å². The van der Waals surface area contributed by atoms with E-state index in [0.29, 0.717) is 21.7 Å². The van der Waals surface area contributed by atoms with E-state index >= 15 is 0 Å². The molecule has 0 saturated carbocycles. The van der Waals surface area contributed by atoms with Crippen LogP contribution < -0.4 is 0 Å².